The van der Waals surface area contributed by atoms with Crippen LogP contribution < -0.4 is 25.4 Å². The fraction of sp³-hybridized carbons (Fsp3) is 0.600. The van der Waals surface area contributed by atoms with Crippen LogP contribution in [0.3, 0.4) is 0 Å². The van der Waals surface area contributed by atoms with Crippen LogP contribution in [0, 0.1) is 11.8 Å². The Morgan fingerprint density at radius 2 is 1.85 bits per heavy atom. The van der Waals surface area contributed by atoms with Crippen LogP contribution in [-0.2, 0) is 19.2 Å². The molecule has 0 aromatic heterocycles. The number of carbonyl (C=O) groups is 4. The number of hydrogen-bond acceptors (Lipinski definition) is 7. The number of amides is 4. The van der Waals surface area contributed by atoms with Crippen molar-refractivity contribution >= 4 is 29.7 Å². The largest absolute Gasteiger partial charge is 0.496 e. The molecule has 11 heteroatoms. The minimum absolute atomic E-state index is 0.119. The minimum atomic E-state index is -1.01. The molecule has 2 aliphatic rings. The van der Waals surface area contributed by atoms with Gasteiger partial charge in [-0.25, -0.2) is 0 Å². The summed E-state index contributed by atoms with van der Waals surface area (Å²) in [4.78, 5) is 57.2. The van der Waals surface area contributed by atoms with Crippen molar-refractivity contribution in [3.63, 3.8) is 0 Å². The summed E-state index contributed by atoms with van der Waals surface area (Å²) in [6, 6.07) is 2.15. The van der Waals surface area contributed by atoms with Crippen LogP contribution >= 0.6 is 0 Å². The van der Waals surface area contributed by atoms with Crippen LogP contribution in [0.5, 0.6) is 11.5 Å². The zero-order valence-corrected chi connectivity index (χ0v) is 25.4. The molecule has 2 aliphatic heterocycles. The van der Waals surface area contributed by atoms with Crippen molar-refractivity contribution < 1.29 is 28.7 Å². The Bertz CT molecular complexity index is 1150. The van der Waals surface area contributed by atoms with E-state index in [0.29, 0.717) is 29.9 Å². The third-order valence-corrected chi connectivity index (χ3v) is 7.60. The van der Waals surface area contributed by atoms with Gasteiger partial charge in [0.1, 0.15) is 35.7 Å². The standard InChI is InChI=1S/C30H45N5O6/c1-17(2)15-22-28(37)31-13-11-20-16-21(9-10-23(20)40-8)41-24-12-14-35(26(24)29(38)32-22)30(39)25(18(3)4)33-27(36)19(5)34(6)7/h9-11,13,16-19,22,24-26H,12,14-15H2,1-8H3,(H,31,37)(H,32,38)(H,33,36). The molecule has 226 valence electrons. The molecule has 1 aromatic rings. The van der Waals surface area contributed by atoms with E-state index in [2.05, 4.69) is 16.0 Å². The molecule has 5 atom stereocenters. The molecule has 2 heterocycles. The first-order chi connectivity index (χ1) is 19.3. The van der Waals surface area contributed by atoms with Crippen molar-refractivity contribution in [2.75, 3.05) is 27.7 Å². The number of ether oxygens (including phenoxy) is 2. The maximum atomic E-state index is 14.0. The molecular weight excluding hydrogens is 526 g/mol. The maximum Gasteiger partial charge on any atom is 0.247 e. The Balaban J connectivity index is 2.00. The van der Waals surface area contributed by atoms with Crippen LogP contribution in [0.2, 0.25) is 0 Å². The number of fused-ring (bicyclic) bond motifs is 3. The Morgan fingerprint density at radius 1 is 1.15 bits per heavy atom. The highest BCUT2D eigenvalue weighted by molar-refractivity contribution is 5.96. The van der Waals surface area contributed by atoms with E-state index in [9.17, 15) is 19.2 Å². The van der Waals surface area contributed by atoms with Crippen LogP contribution in [-0.4, -0.2) is 91.4 Å². The molecule has 3 N–H and O–H groups in total. The lowest BCUT2D eigenvalue weighted by atomic mass is 10.0. The summed E-state index contributed by atoms with van der Waals surface area (Å²) < 4.78 is 11.8. The van der Waals surface area contributed by atoms with Gasteiger partial charge in [-0.05, 0) is 63.6 Å². The fourth-order valence-corrected chi connectivity index (χ4v) is 5.01. The zero-order chi connectivity index (χ0) is 30.4. The average molecular weight is 572 g/mol. The van der Waals surface area contributed by atoms with E-state index in [1.165, 1.54) is 11.1 Å². The number of methoxy groups -OCH3 is 1. The van der Waals surface area contributed by atoms with Crippen molar-refractivity contribution in [3.05, 3.63) is 30.0 Å². The molecule has 41 heavy (non-hydrogen) atoms. The Hall–Kier alpha value is -3.60. The van der Waals surface area contributed by atoms with Gasteiger partial charge in [0.15, 0.2) is 0 Å². The van der Waals surface area contributed by atoms with Crippen LogP contribution in [0.25, 0.3) is 6.08 Å². The van der Waals surface area contributed by atoms with Gasteiger partial charge in [-0.3, -0.25) is 24.1 Å². The van der Waals surface area contributed by atoms with Gasteiger partial charge in [0, 0.05) is 24.7 Å². The molecule has 2 bridgehead atoms. The lowest BCUT2D eigenvalue weighted by molar-refractivity contribution is -0.145. The Labute approximate surface area is 243 Å². The highest BCUT2D eigenvalue weighted by Crippen LogP contribution is 2.30. The monoisotopic (exact) mass is 571 g/mol. The van der Waals surface area contributed by atoms with Gasteiger partial charge in [0.2, 0.25) is 23.6 Å². The number of carbonyl (C=O) groups excluding carboxylic acids is 4. The summed E-state index contributed by atoms with van der Waals surface area (Å²) in [6.45, 7) is 9.66. The molecule has 11 nitrogen and oxygen atoms in total. The van der Waals surface area contributed by atoms with Gasteiger partial charge < -0.3 is 30.3 Å². The molecule has 4 amide bonds. The van der Waals surface area contributed by atoms with Crippen LogP contribution in [0.15, 0.2) is 24.4 Å². The van der Waals surface area contributed by atoms with Crippen LogP contribution in [0.1, 0.15) is 53.0 Å². The van der Waals surface area contributed by atoms with E-state index in [1.54, 1.807) is 57.3 Å². The summed E-state index contributed by atoms with van der Waals surface area (Å²) in [5.74, 6) is -0.503. The number of rotatable bonds is 8. The Morgan fingerprint density at radius 3 is 2.46 bits per heavy atom. The summed E-state index contributed by atoms with van der Waals surface area (Å²) in [5, 5.41) is 8.54. The van der Waals surface area contributed by atoms with Gasteiger partial charge >= 0.3 is 0 Å². The summed E-state index contributed by atoms with van der Waals surface area (Å²) in [5.41, 5.74) is 0.685. The van der Waals surface area contributed by atoms with Crippen molar-refractivity contribution in [3.8, 4) is 11.5 Å². The van der Waals surface area contributed by atoms with Gasteiger partial charge in [0.05, 0.1) is 13.2 Å². The van der Waals surface area contributed by atoms with E-state index < -0.39 is 36.2 Å². The predicted octanol–water partition coefficient (Wildman–Crippen LogP) is 1.77. The third kappa shape index (κ3) is 7.78. The first-order valence-corrected chi connectivity index (χ1v) is 14.2. The number of nitrogens with zero attached hydrogens (tertiary/aromatic N) is 2. The topological polar surface area (TPSA) is 129 Å². The van der Waals surface area contributed by atoms with Crippen molar-refractivity contribution in [1.29, 1.82) is 0 Å². The molecule has 0 aliphatic carbocycles. The highest BCUT2D eigenvalue weighted by atomic mass is 16.5. The number of hydrogen-bond donors (Lipinski definition) is 3. The lowest BCUT2D eigenvalue weighted by Gasteiger charge is -2.33. The van der Waals surface area contributed by atoms with Gasteiger partial charge in [-0.1, -0.05) is 27.7 Å². The molecule has 1 fully saturated rings. The number of likely N-dealkylation sites (tertiary alicyclic amines) is 1. The summed E-state index contributed by atoms with van der Waals surface area (Å²) in [6.07, 6.45) is 3.36. The van der Waals surface area contributed by atoms with Crippen molar-refractivity contribution in [2.45, 2.75) is 77.7 Å². The first kappa shape index (κ1) is 31.9. The number of likely N-dealkylation sites (N-methyl/N-ethyl adjacent to an activating group) is 1. The van der Waals surface area contributed by atoms with E-state index in [1.807, 2.05) is 27.7 Å². The molecule has 0 spiro atoms. The van der Waals surface area contributed by atoms with Crippen molar-refractivity contribution in [1.82, 2.24) is 25.8 Å². The summed E-state index contributed by atoms with van der Waals surface area (Å²) >= 11 is 0. The maximum absolute atomic E-state index is 14.0. The average Bonchev–Trinajstić information content (AvgIpc) is 3.33. The quantitative estimate of drug-likeness (QED) is 0.434. The van der Waals surface area contributed by atoms with Gasteiger partial charge in [-0.2, -0.15) is 0 Å². The molecule has 1 saturated heterocycles. The van der Waals surface area contributed by atoms with Crippen LogP contribution in [0.4, 0.5) is 0 Å². The predicted molar refractivity (Wildman–Crippen MR) is 156 cm³/mol. The second-order valence-corrected chi connectivity index (χ2v) is 11.7. The molecular formula is C30H45N5O6. The van der Waals surface area contributed by atoms with Gasteiger partial charge in [0.25, 0.3) is 0 Å². The number of benzene rings is 1. The van der Waals surface area contributed by atoms with Gasteiger partial charge in [-0.15, -0.1) is 0 Å². The molecule has 1 aromatic carbocycles. The third-order valence-electron chi connectivity index (χ3n) is 7.60. The van der Waals surface area contributed by atoms with E-state index in [0.717, 1.165) is 0 Å². The number of nitrogens with one attached hydrogen (secondary N) is 3. The minimum Gasteiger partial charge on any atom is -0.496 e. The normalized spacial score (nSPS) is 22.5. The first-order valence-electron chi connectivity index (χ1n) is 14.2. The second kappa shape index (κ2) is 13.8. The zero-order valence-electron chi connectivity index (χ0n) is 25.4. The smallest absolute Gasteiger partial charge is 0.247 e. The SMILES string of the molecule is COc1ccc2cc1C=CNC(=O)C(CC(C)C)NC(=O)C1C(CCN1C(=O)C(NC(=O)C(C)N(C)C)C(C)C)O2. The van der Waals surface area contributed by atoms with E-state index >= 15 is 0 Å². The highest BCUT2D eigenvalue weighted by Gasteiger charge is 2.46. The van der Waals surface area contributed by atoms with E-state index in [4.69, 9.17) is 9.47 Å². The lowest BCUT2D eigenvalue weighted by Crippen LogP contribution is -2.60. The molecule has 5 unspecified atom stereocenters. The Kier molecular flexibility index (Phi) is 10.8. The molecule has 0 radical (unpaired) electrons. The second-order valence-electron chi connectivity index (χ2n) is 11.7. The molecule has 3 rings (SSSR count). The fourth-order valence-electron chi connectivity index (χ4n) is 5.01. The molecule has 0 saturated carbocycles. The summed E-state index contributed by atoms with van der Waals surface area (Å²) in [7, 11) is 5.14. The van der Waals surface area contributed by atoms with Crippen molar-refractivity contribution in [2.24, 2.45) is 11.8 Å². The van der Waals surface area contributed by atoms with E-state index in [-0.39, 0.29) is 36.1 Å².